The summed E-state index contributed by atoms with van der Waals surface area (Å²) in [6.45, 7) is 3.65. The number of carbonyl (C=O) groups is 3. The smallest absolute Gasteiger partial charge is 0.341 e. The molecule has 0 radical (unpaired) electrons. The first-order valence-corrected chi connectivity index (χ1v) is 10.5. The number of nitrogens with zero attached hydrogens (tertiary/aromatic N) is 2. The molecule has 2 amide bonds. The lowest BCUT2D eigenvalue weighted by atomic mass is 10.2. The number of aryl methyl sites for hydroxylation is 1. The summed E-state index contributed by atoms with van der Waals surface area (Å²) < 4.78 is 5.16. The molecule has 0 saturated carbocycles. The summed E-state index contributed by atoms with van der Waals surface area (Å²) in [5.74, 6) is -1.34. The van der Waals surface area contributed by atoms with Gasteiger partial charge in [-0.15, -0.1) is 11.8 Å². The highest BCUT2D eigenvalue weighted by molar-refractivity contribution is 7.98. The molecule has 7 nitrogen and oxygen atoms in total. The maximum Gasteiger partial charge on any atom is 0.341 e. The lowest BCUT2D eigenvalue weighted by Crippen LogP contribution is -2.40. The fourth-order valence-electron chi connectivity index (χ4n) is 2.64. The van der Waals surface area contributed by atoms with E-state index in [9.17, 15) is 14.4 Å². The molecule has 0 saturated heterocycles. The Morgan fingerprint density at radius 3 is 2.62 bits per heavy atom. The molecule has 0 unspecified atom stereocenters. The number of para-hydroxylation sites is 1. The van der Waals surface area contributed by atoms with Gasteiger partial charge in [-0.1, -0.05) is 25.1 Å². The van der Waals surface area contributed by atoms with Crippen molar-refractivity contribution in [3.8, 4) is 0 Å². The predicted octanol–water partition coefficient (Wildman–Crippen LogP) is 3.15. The number of rotatable bonds is 9. The van der Waals surface area contributed by atoms with Crippen molar-refractivity contribution in [2.75, 3.05) is 31.3 Å². The number of ether oxygens (including phenoxy) is 1. The molecule has 2 rings (SSSR count). The average Bonchev–Trinajstić information content (AvgIpc) is 2.73. The van der Waals surface area contributed by atoms with E-state index in [4.69, 9.17) is 4.74 Å². The van der Waals surface area contributed by atoms with Gasteiger partial charge in [-0.05, 0) is 43.4 Å². The van der Waals surface area contributed by atoms with E-state index in [2.05, 4.69) is 10.3 Å². The lowest BCUT2D eigenvalue weighted by molar-refractivity contribution is -0.137. The summed E-state index contributed by atoms with van der Waals surface area (Å²) >= 11 is 1.32. The number of hydrogen-bond donors (Lipinski definition) is 1. The zero-order valence-electron chi connectivity index (χ0n) is 16.8. The molecule has 1 heterocycles. The van der Waals surface area contributed by atoms with Gasteiger partial charge in [-0.2, -0.15) is 0 Å². The van der Waals surface area contributed by atoms with E-state index in [-0.39, 0.29) is 12.5 Å². The number of thioether (sulfide) groups is 1. The van der Waals surface area contributed by atoms with Gasteiger partial charge in [-0.25, -0.2) is 9.78 Å². The summed E-state index contributed by atoms with van der Waals surface area (Å²) in [5.41, 5.74) is 1.95. The van der Waals surface area contributed by atoms with Gasteiger partial charge in [-0.3, -0.25) is 9.59 Å². The van der Waals surface area contributed by atoms with Crippen molar-refractivity contribution in [3.63, 3.8) is 0 Å². The minimum Gasteiger partial charge on any atom is -0.452 e. The van der Waals surface area contributed by atoms with E-state index in [1.807, 2.05) is 32.0 Å². The zero-order chi connectivity index (χ0) is 21.2. The number of benzene rings is 1. The SMILES string of the molecule is CCCN(CC(=O)Nc1ccccc1C)C(=O)COC(=O)c1cccnc1SC. The predicted molar refractivity (Wildman–Crippen MR) is 113 cm³/mol. The van der Waals surface area contributed by atoms with Crippen LogP contribution in [0.2, 0.25) is 0 Å². The third kappa shape index (κ3) is 6.60. The normalized spacial score (nSPS) is 10.3. The third-order valence-electron chi connectivity index (χ3n) is 4.11. The van der Waals surface area contributed by atoms with Gasteiger partial charge < -0.3 is 15.0 Å². The van der Waals surface area contributed by atoms with Crippen molar-refractivity contribution in [2.45, 2.75) is 25.3 Å². The van der Waals surface area contributed by atoms with Crippen LogP contribution in [-0.2, 0) is 14.3 Å². The molecule has 0 atom stereocenters. The van der Waals surface area contributed by atoms with Crippen LogP contribution in [0.1, 0.15) is 29.3 Å². The average molecular weight is 416 g/mol. The maximum atomic E-state index is 12.5. The van der Waals surface area contributed by atoms with Crippen LogP contribution < -0.4 is 5.32 Å². The van der Waals surface area contributed by atoms with Crippen LogP contribution in [0.4, 0.5) is 5.69 Å². The van der Waals surface area contributed by atoms with Gasteiger partial charge in [0.25, 0.3) is 5.91 Å². The summed E-state index contributed by atoms with van der Waals surface area (Å²) in [7, 11) is 0. The fraction of sp³-hybridized carbons (Fsp3) is 0.333. The molecule has 154 valence electrons. The Balaban J connectivity index is 1.95. The Bertz CT molecular complexity index is 873. The topological polar surface area (TPSA) is 88.6 Å². The number of carbonyl (C=O) groups excluding carboxylic acids is 3. The van der Waals surface area contributed by atoms with Crippen LogP contribution in [0.3, 0.4) is 0 Å². The summed E-state index contributed by atoms with van der Waals surface area (Å²) in [6.07, 6.45) is 4.07. The highest BCUT2D eigenvalue weighted by Gasteiger charge is 2.20. The molecule has 0 aliphatic heterocycles. The van der Waals surface area contributed by atoms with Gasteiger partial charge in [0.1, 0.15) is 5.03 Å². The first-order chi connectivity index (χ1) is 14.0. The van der Waals surface area contributed by atoms with Crippen molar-refractivity contribution in [1.82, 2.24) is 9.88 Å². The van der Waals surface area contributed by atoms with Gasteiger partial charge in [0.15, 0.2) is 6.61 Å². The van der Waals surface area contributed by atoms with E-state index in [0.29, 0.717) is 29.2 Å². The van der Waals surface area contributed by atoms with Crippen LogP contribution in [-0.4, -0.2) is 53.6 Å². The Morgan fingerprint density at radius 2 is 1.93 bits per heavy atom. The van der Waals surface area contributed by atoms with Gasteiger partial charge >= 0.3 is 5.97 Å². The number of aromatic nitrogens is 1. The van der Waals surface area contributed by atoms with Crippen molar-refractivity contribution in [1.29, 1.82) is 0 Å². The number of pyridine rings is 1. The Morgan fingerprint density at radius 1 is 1.17 bits per heavy atom. The van der Waals surface area contributed by atoms with E-state index < -0.39 is 18.5 Å². The summed E-state index contributed by atoms with van der Waals surface area (Å²) in [6, 6.07) is 10.7. The molecule has 2 aromatic rings. The van der Waals surface area contributed by atoms with Crippen molar-refractivity contribution < 1.29 is 19.1 Å². The van der Waals surface area contributed by atoms with E-state index >= 15 is 0 Å². The summed E-state index contributed by atoms with van der Waals surface area (Å²) in [4.78, 5) is 42.7. The Kier molecular flexibility index (Phi) is 8.67. The number of esters is 1. The van der Waals surface area contributed by atoms with Crippen molar-refractivity contribution in [2.24, 2.45) is 0 Å². The van der Waals surface area contributed by atoms with Crippen molar-refractivity contribution >= 4 is 35.2 Å². The molecular formula is C21H25N3O4S. The number of amides is 2. The number of anilines is 1. The molecule has 0 aliphatic rings. The largest absolute Gasteiger partial charge is 0.452 e. The van der Waals surface area contributed by atoms with E-state index in [1.54, 1.807) is 30.7 Å². The lowest BCUT2D eigenvalue weighted by Gasteiger charge is -2.21. The second-order valence-corrected chi connectivity index (χ2v) is 7.11. The zero-order valence-corrected chi connectivity index (χ0v) is 17.6. The highest BCUT2D eigenvalue weighted by atomic mass is 32.2. The van der Waals surface area contributed by atoms with Crippen molar-refractivity contribution in [3.05, 3.63) is 53.7 Å². The molecule has 8 heteroatoms. The van der Waals surface area contributed by atoms with Crippen LogP contribution in [0.25, 0.3) is 0 Å². The second kappa shape index (κ2) is 11.2. The van der Waals surface area contributed by atoms with Crippen LogP contribution in [0.15, 0.2) is 47.6 Å². The molecule has 0 spiro atoms. The second-order valence-electron chi connectivity index (χ2n) is 6.31. The third-order valence-corrected chi connectivity index (χ3v) is 4.82. The molecule has 1 aromatic carbocycles. The Labute approximate surface area is 174 Å². The highest BCUT2D eigenvalue weighted by Crippen LogP contribution is 2.17. The summed E-state index contributed by atoms with van der Waals surface area (Å²) in [5, 5.41) is 3.34. The molecular weight excluding hydrogens is 390 g/mol. The van der Waals surface area contributed by atoms with Crippen LogP contribution in [0, 0.1) is 6.92 Å². The molecule has 0 fully saturated rings. The van der Waals surface area contributed by atoms with Crippen LogP contribution >= 0.6 is 11.8 Å². The fourth-order valence-corrected chi connectivity index (χ4v) is 3.18. The van der Waals surface area contributed by atoms with Crippen LogP contribution in [0.5, 0.6) is 0 Å². The Hall–Kier alpha value is -2.87. The number of nitrogens with one attached hydrogen (secondary N) is 1. The van der Waals surface area contributed by atoms with Gasteiger partial charge in [0.2, 0.25) is 5.91 Å². The van der Waals surface area contributed by atoms with E-state index in [1.165, 1.54) is 16.7 Å². The first-order valence-electron chi connectivity index (χ1n) is 9.25. The van der Waals surface area contributed by atoms with E-state index in [0.717, 1.165) is 5.56 Å². The van der Waals surface area contributed by atoms with Gasteiger partial charge in [0.05, 0.1) is 12.1 Å². The molecule has 1 aromatic heterocycles. The monoisotopic (exact) mass is 415 g/mol. The minimum atomic E-state index is -0.614. The molecule has 29 heavy (non-hydrogen) atoms. The van der Waals surface area contributed by atoms with Gasteiger partial charge in [0, 0.05) is 18.4 Å². The molecule has 0 aliphatic carbocycles. The number of hydrogen-bond acceptors (Lipinski definition) is 6. The molecule has 0 bridgehead atoms. The quantitative estimate of drug-likeness (QED) is 0.500. The first kappa shape index (κ1) is 22.4. The molecule has 1 N–H and O–H groups in total. The standard InChI is InChI=1S/C21H25N3O4S/c1-4-12-24(13-18(25)23-17-10-6-5-8-15(17)2)19(26)14-28-21(27)16-9-7-11-22-20(16)29-3/h5-11H,4,12-14H2,1-3H3,(H,23,25). The minimum absolute atomic E-state index is 0.110. The maximum absolute atomic E-state index is 12.5.